The largest absolute Gasteiger partial charge is 0.365 e. The van der Waals surface area contributed by atoms with Gasteiger partial charge in [-0.3, -0.25) is 19.7 Å². The monoisotopic (exact) mass is 431 g/mol. The Morgan fingerprint density at radius 3 is 2.16 bits per heavy atom. The first-order chi connectivity index (χ1) is 15.4. The second-order valence-corrected chi connectivity index (χ2v) is 7.27. The second-order valence-electron chi connectivity index (χ2n) is 7.27. The van der Waals surface area contributed by atoms with Crippen molar-refractivity contribution in [3.8, 4) is 0 Å². The van der Waals surface area contributed by atoms with E-state index in [1.54, 1.807) is 11.9 Å². The van der Waals surface area contributed by atoms with Crippen molar-refractivity contribution in [2.75, 3.05) is 11.9 Å². The van der Waals surface area contributed by atoms with Gasteiger partial charge >= 0.3 is 0 Å². The van der Waals surface area contributed by atoms with Gasteiger partial charge in [0.05, 0.1) is 16.2 Å². The zero-order valence-electron chi connectivity index (χ0n) is 17.1. The minimum Gasteiger partial charge on any atom is -0.365 e. The predicted molar refractivity (Wildman–Crippen MR) is 117 cm³/mol. The summed E-state index contributed by atoms with van der Waals surface area (Å²) in [6.45, 7) is 0.330. The molecule has 0 radical (unpaired) electrons. The number of imide groups is 1. The van der Waals surface area contributed by atoms with Crippen molar-refractivity contribution in [3.63, 3.8) is 0 Å². The molecule has 0 aromatic heterocycles. The van der Waals surface area contributed by atoms with Gasteiger partial charge in [0.15, 0.2) is 0 Å². The first-order valence-electron chi connectivity index (χ1n) is 9.76. The molecule has 0 bridgehead atoms. The van der Waals surface area contributed by atoms with E-state index in [9.17, 15) is 24.1 Å². The van der Waals surface area contributed by atoms with E-state index in [4.69, 9.17) is 0 Å². The highest BCUT2D eigenvalue weighted by atomic mass is 19.1. The molecule has 2 amide bonds. The Morgan fingerprint density at radius 1 is 0.906 bits per heavy atom. The van der Waals surface area contributed by atoms with Crippen LogP contribution >= 0.6 is 0 Å². The lowest BCUT2D eigenvalue weighted by Gasteiger charge is -2.21. The Morgan fingerprint density at radius 2 is 1.53 bits per heavy atom. The molecule has 0 atom stereocenters. The van der Waals surface area contributed by atoms with E-state index in [2.05, 4.69) is 0 Å². The molecular formula is C24H18FN3O4. The number of rotatable bonds is 6. The van der Waals surface area contributed by atoms with Crippen LogP contribution in [0, 0.1) is 15.9 Å². The van der Waals surface area contributed by atoms with Crippen LogP contribution in [0.5, 0.6) is 0 Å². The van der Waals surface area contributed by atoms with Crippen LogP contribution in [-0.2, 0) is 16.1 Å². The van der Waals surface area contributed by atoms with Gasteiger partial charge in [0.25, 0.3) is 17.5 Å². The Labute approximate surface area is 183 Å². The molecule has 1 aliphatic heterocycles. The van der Waals surface area contributed by atoms with Crippen molar-refractivity contribution < 1.29 is 18.9 Å². The van der Waals surface area contributed by atoms with Gasteiger partial charge in [0.1, 0.15) is 11.5 Å². The first-order valence-corrected chi connectivity index (χ1v) is 9.76. The summed E-state index contributed by atoms with van der Waals surface area (Å²) in [6, 6.07) is 20.3. The van der Waals surface area contributed by atoms with Gasteiger partial charge in [-0.25, -0.2) is 9.29 Å². The molecule has 3 aromatic rings. The summed E-state index contributed by atoms with van der Waals surface area (Å²) in [6.07, 6.45) is 0. The molecule has 7 nitrogen and oxygen atoms in total. The second kappa shape index (κ2) is 8.43. The van der Waals surface area contributed by atoms with Crippen molar-refractivity contribution in [1.29, 1.82) is 0 Å². The van der Waals surface area contributed by atoms with E-state index in [1.807, 2.05) is 30.3 Å². The lowest BCUT2D eigenvalue weighted by molar-refractivity contribution is -0.384. The highest BCUT2D eigenvalue weighted by molar-refractivity contribution is 6.45. The molecule has 0 saturated carbocycles. The van der Waals surface area contributed by atoms with Gasteiger partial charge in [0, 0.05) is 25.7 Å². The molecule has 1 heterocycles. The summed E-state index contributed by atoms with van der Waals surface area (Å²) < 4.78 is 14.5. The SMILES string of the molecule is CN(Cc1ccccc1)C1=C(c2ccc([N+](=O)[O-])cc2)C(=O)N(c2ccccc2F)C1=O. The molecule has 0 N–H and O–H groups in total. The lowest BCUT2D eigenvalue weighted by Crippen LogP contribution is -2.34. The Hall–Kier alpha value is -4.33. The number of nitro groups is 1. The van der Waals surface area contributed by atoms with E-state index in [0.717, 1.165) is 10.5 Å². The number of non-ortho nitro benzene ring substituents is 1. The zero-order chi connectivity index (χ0) is 22.8. The number of anilines is 1. The number of hydrogen-bond acceptors (Lipinski definition) is 5. The van der Waals surface area contributed by atoms with Crippen LogP contribution in [0.2, 0.25) is 0 Å². The van der Waals surface area contributed by atoms with Crippen molar-refractivity contribution in [1.82, 2.24) is 4.90 Å². The van der Waals surface area contributed by atoms with Crippen LogP contribution in [0.1, 0.15) is 11.1 Å². The molecule has 0 unspecified atom stereocenters. The smallest absolute Gasteiger partial charge is 0.282 e. The average Bonchev–Trinajstić information content (AvgIpc) is 3.05. The number of carbonyl (C=O) groups excluding carboxylic acids is 2. The Balaban J connectivity index is 1.82. The van der Waals surface area contributed by atoms with Gasteiger partial charge in [0.2, 0.25) is 0 Å². The van der Waals surface area contributed by atoms with Crippen LogP contribution < -0.4 is 4.90 Å². The molecule has 1 aliphatic rings. The number of halogens is 1. The standard InChI is InChI=1S/C24H18FN3O4/c1-26(15-16-7-3-2-4-8-16)22-21(17-11-13-18(14-12-17)28(31)32)23(29)27(24(22)30)20-10-6-5-9-19(20)25/h2-14H,15H2,1H3. The number of para-hydroxylation sites is 1. The Kier molecular flexibility index (Phi) is 5.51. The van der Waals surface area contributed by atoms with E-state index >= 15 is 0 Å². The van der Waals surface area contributed by atoms with Crippen molar-refractivity contribution in [2.45, 2.75) is 6.54 Å². The minimum absolute atomic E-state index is 0.0617. The third kappa shape index (κ3) is 3.74. The Bertz CT molecular complexity index is 1240. The fourth-order valence-corrected chi connectivity index (χ4v) is 3.67. The molecule has 4 rings (SSSR count). The zero-order valence-corrected chi connectivity index (χ0v) is 17.1. The van der Waals surface area contributed by atoms with E-state index in [1.165, 1.54) is 48.5 Å². The number of likely N-dealkylation sites (N-methyl/N-ethyl adjacent to an activating group) is 1. The third-order valence-electron chi connectivity index (χ3n) is 5.16. The normalized spacial score (nSPS) is 13.6. The molecule has 0 spiro atoms. The number of nitro benzene ring substituents is 1. The van der Waals surface area contributed by atoms with Crippen molar-refractivity contribution in [3.05, 3.63) is 112 Å². The van der Waals surface area contributed by atoms with Crippen molar-refractivity contribution >= 4 is 28.8 Å². The van der Waals surface area contributed by atoms with Gasteiger partial charge in [-0.15, -0.1) is 0 Å². The average molecular weight is 431 g/mol. The quantitative estimate of drug-likeness (QED) is 0.333. The van der Waals surface area contributed by atoms with Crippen LogP contribution in [-0.4, -0.2) is 28.7 Å². The summed E-state index contributed by atoms with van der Waals surface area (Å²) in [4.78, 5) is 39.7. The van der Waals surface area contributed by atoms with Crippen LogP contribution in [0.3, 0.4) is 0 Å². The van der Waals surface area contributed by atoms with Crippen LogP contribution in [0.4, 0.5) is 15.8 Å². The summed E-state index contributed by atoms with van der Waals surface area (Å²) in [5.41, 5.74) is 1.11. The molecular weight excluding hydrogens is 413 g/mol. The van der Waals surface area contributed by atoms with Gasteiger partial charge in [-0.05, 0) is 35.4 Å². The molecule has 0 saturated heterocycles. The molecule has 160 valence electrons. The van der Waals surface area contributed by atoms with Gasteiger partial charge in [-0.2, -0.15) is 0 Å². The summed E-state index contributed by atoms with van der Waals surface area (Å²) >= 11 is 0. The minimum atomic E-state index is -0.704. The van der Waals surface area contributed by atoms with Gasteiger partial charge < -0.3 is 4.90 Å². The number of amides is 2. The van der Waals surface area contributed by atoms with Gasteiger partial charge in [-0.1, -0.05) is 42.5 Å². The number of benzene rings is 3. The summed E-state index contributed by atoms with van der Waals surface area (Å²) in [5, 5.41) is 11.0. The maximum absolute atomic E-state index is 14.5. The molecule has 3 aromatic carbocycles. The number of hydrogen-bond donors (Lipinski definition) is 0. The van der Waals surface area contributed by atoms with Crippen molar-refractivity contribution in [2.24, 2.45) is 0 Å². The topological polar surface area (TPSA) is 83.8 Å². The third-order valence-corrected chi connectivity index (χ3v) is 5.16. The highest BCUT2D eigenvalue weighted by Gasteiger charge is 2.42. The predicted octanol–water partition coefficient (Wildman–Crippen LogP) is 4.15. The van der Waals surface area contributed by atoms with Crippen LogP contribution in [0.15, 0.2) is 84.6 Å². The van der Waals surface area contributed by atoms with Crippen LogP contribution in [0.25, 0.3) is 5.57 Å². The number of nitrogens with zero attached hydrogens (tertiary/aromatic N) is 3. The van der Waals surface area contributed by atoms with E-state index < -0.39 is 22.6 Å². The van der Waals surface area contributed by atoms with E-state index in [0.29, 0.717) is 12.1 Å². The fourth-order valence-electron chi connectivity index (χ4n) is 3.67. The lowest BCUT2D eigenvalue weighted by atomic mass is 10.0. The summed E-state index contributed by atoms with van der Waals surface area (Å²) in [5.74, 6) is -2.06. The first kappa shape index (κ1) is 20.9. The maximum Gasteiger partial charge on any atom is 0.282 e. The molecule has 8 heteroatoms. The number of carbonyl (C=O) groups is 2. The van der Waals surface area contributed by atoms with E-state index in [-0.39, 0.29) is 22.6 Å². The summed E-state index contributed by atoms with van der Waals surface area (Å²) in [7, 11) is 1.67. The highest BCUT2D eigenvalue weighted by Crippen LogP contribution is 2.36. The fraction of sp³-hybridized carbons (Fsp3) is 0.0833. The molecule has 32 heavy (non-hydrogen) atoms. The molecule has 0 aliphatic carbocycles. The maximum atomic E-state index is 14.5. The molecule has 0 fully saturated rings.